The quantitative estimate of drug-likeness (QED) is 0.850. The van der Waals surface area contributed by atoms with Crippen LogP contribution in [0.15, 0.2) is 60.7 Å². The molecule has 1 unspecified atom stereocenters. The van der Waals surface area contributed by atoms with Gasteiger partial charge >= 0.3 is 0 Å². The van der Waals surface area contributed by atoms with Crippen LogP contribution in [-0.2, 0) is 11.3 Å². The molecule has 23 heavy (non-hydrogen) atoms. The highest BCUT2D eigenvalue weighted by molar-refractivity contribution is 5.90. The highest BCUT2D eigenvalue weighted by atomic mass is 16.5. The molecule has 0 fully saturated rings. The minimum Gasteiger partial charge on any atom is -0.497 e. The summed E-state index contributed by atoms with van der Waals surface area (Å²) in [4.78, 5) is 14.1. The lowest BCUT2D eigenvalue weighted by atomic mass is 10.1. The van der Waals surface area contributed by atoms with Gasteiger partial charge in [0.1, 0.15) is 11.5 Å². The first kappa shape index (κ1) is 15.2. The van der Waals surface area contributed by atoms with Gasteiger partial charge in [-0.15, -0.1) is 0 Å². The average molecular weight is 309 g/mol. The van der Waals surface area contributed by atoms with Crippen LogP contribution in [-0.4, -0.2) is 25.0 Å². The summed E-state index contributed by atoms with van der Waals surface area (Å²) in [6.45, 7) is 0.485. The Kier molecular flexibility index (Phi) is 4.33. The lowest BCUT2D eigenvalue weighted by Gasteiger charge is -2.26. The van der Waals surface area contributed by atoms with Crippen LogP contribution in [0.1, 0.15) is 17.2 Å². The Morgan fingerprint density at radius 1 is 1.04 bits per heavy atom. The van der Waals surface area contributed by atoms with Crippen molar-refractivity contribution in [2.45, 2.75) is 12.6 Å². The molecule has 0 radical (unpaired) electrons. The van der Waals surface area contributed by atoms with E-state index in [0.29, 0.717) is 6.54 Å². The van der Waals surface area contributed by atoms with Crippen molar-refractivity contribution in [3.8, 4) is 11.5 Å². The molecule has 2 aromatic rings. The minimum atomic E-state index is -0.0458. The van der Waals surface area contributed by atoms with E-state index in [1.165, 1.54) is 0 Å². The number of hydrogen-bond acceptors (Lipinski definition) is 3. The number of ether oxygens (including phenoxy) is 2. The van der Waals surface area contributed by atoms with Crippen LogP contribution >= 0.6 is 0 Å². The van der Waals surface area contributed by atoms with Gasteiger partial charge in [0.25, 0.3) is 0 Å². The van der Waals surface area contributed by atoms with Crippen LogP contribution in [0.5, 0.6) is 11.5 Å². The largest absolute Gasteiger partial charge is 0.497 e. The molecule has 0 N–H and O–H groups in total. The molecule has 1 atom stereocenters. The van der Waals surface area contributed by atoms with Gasteiger partial charge in [-0.05, 0) is 17.7 Å². The summed E-state index contributed by atoms with van der Waals surface area (Å²) >= 11 is 0. The second kappa shape index (κ2) is 6.57. The number of amides is 1. The third-order valence-corrected chi connectivity index (χ3v) is 4.02. The maximum atomic E-state index is 12.3. The van der Waals surface area contributed by atoms with Crippen LogP contribution in [0.4, 0.5) is 0 Å². The number of nitrogens with zero attached hydrogens (tertiary/aromatic N) is 1. The second-order valence-electron chi connectivity index (χ2n) is 5.36. The fourth-order valence-corrected chi connectivity index (χ4v) is 2.79. The Bertz CT molecular complexity index is 725. The normalized spacial score (nSPS) is 16.7. The van der Waals surface area contributed by atoms with E-state index >= 15 is 0 Å². The Morgan fingerprint density at radius 2 is 1.83 bits per heavy atom. The van der Waals surface area contributed by atoms with E-state index in [2.05, 4.69) is 0 Å². The maximum Gasteiger partial charge on any atom is 0.247 e. The predicted molar refractivity (Wildman–Crippen MR) is 88.4 cm³/mol. The van der Waals surface area contributed by atoms with Gasteiger partial charge in [-0.2, -0.15) is 0 Å². The van der Waals surface area contributed by atoms with Gasteiger partial charge in [0.2, 0.25) is 5.91 Å². The van der Waals surface area contributed by atoms with E-state index in [1.54, 1.807) is 20.3 Å². The van der Waals surface area contributed by atoms with Crippen molar-refractivity contribution in [2.75, 3.05) is 14.2 Å². The van der Waals surface area contributed by atoms with Crippen molar-refractivity contribution in [2.24, 2.45) is 0 Å². The van der Waals surface area contributed by atoms with Crippen LogP contribution in [0, 0.1) is 0 Å². The topological polar surface area (TPSA) is 38.8 Å². The maximum absolute atomic E-state index is 12.3. The molecule has 1 aliphatic rings. The zero-order valence-electron chi connectivity index (χ0n) is 13.2. The van der Waals surface area contributed by atoms with E-state index < -0.39 is 0 Å². The average Bonchev–Trinajstić information content (AvgIpc) is 2.97. The van der Waals surface area contributed by atoms with E-state index in [4.69, 9.17) is 9.47 Å². The monoisotopic (exact) mass is 309 g/mol. The molecule has 1 amide bonds. The standard InChI is InChI=1S/C19H19NO3/c1-22-16-9-8-15(18(12-16)23-2)13-20-17(10-11-19(20)21)14-6-4-3-5-7-14/h3-12,17H,13H2,1-2H3. The lowest BCUT2D eigenvalue weighted by molar-refractivity contribution is -0.126. The van der Waals surface area contributed by atoms with Crippen LogP contribution in [0.25, 0.3) is 0 Å². The molecule has 0 saturated carbocycles. The van der Waals surface area contributed by atoms with Gasteiger partial charge in [-0.3, -0.25) is 4.79 Å². The highest BCUT2D eigenvalue weighted by Gasteiger charge is 2.27. The van der Waals surface area contributed by atoms with Crippen LogP contribution in [0.3, 0.4) is 0 Å². The number of carbonyl (C=O) groups excluding carboxylic acids is 1. The summed E-state index contributed by atoms with van der Waals surface area (Å²) in [5, 5.41) is 0. The molecule has 4 heteroatoms. The smallest absolute Gasteiger partial charge is 0.247 e. The number of methoxy groups -OCH3 is 2. The van der Waals surface area contributed by atoms with Crippen molar-refractivity contribution in [1.82, 2.24) is 4.90 Å². The number of rotatable bonds is 5. The third-order valence-electron chi connectivity index (χ3n) is 4.02. The summed E-state index contributed by atoms with van der Waals surface area (Å²) in [5.41, 5.74) is 2.05. The van der Waals surface area contributed by atoms with Gasteiger partial charge in [0, 0.05) is 17.7 Å². The number of hydrogen-bond donors (Lipinski definition) is 0. The molecule has 0 aromatic heterocycles. The lowest BCUT2D eigenvalue weighted by Crippen LogP contribution is -2.28. The minimum absolute atomic E-state index is 0.0109. The molecule has 4 nitrogen and oxygen atoms in total. The van der Waals surface area contributed by atoms with E-state index in [0.717, 1.165) is 22.6 Å². The molecule has 1 heterocycles. The molecule has 118 valence electrons. The zero-order valence-corrected chi connectivity index (χ0v) is 13.2. The van der Waals surface area contributed by atoms with Gasteiger partial charge in [-0.1, -0.05) is 36.4 Å². The summed E-state index contributed by atoms with van der Waals surface area (Å²) in [6, 6.07) is 15.6. The van der Waals surface area contributed by atoms with E-state index in [1.807, 2.05) is 59.5 Å². The Balaban J connectivity index is 1.88. The molecule has 0 bridgehead atoms. The first-order valence-corrected chi connectivity index (χ1v) is 7.47. The Hall–Kier alpha value is -2.75. The highest BCUT2D eigenvalue weighted by Crippen LogP contribution is 2.32. The molecule has 2 aromatic carbocycles. The Labute approximate surface area is 135 Å². The molecule has 1 aliphatic heterocycles. The molecule has 0 saturated heterocycles. The van der Waals surface area contributed by atoms with Gasteiger partial charge in [-0.25, -0.2) is 0 Å². The van der Waals surface area contributed by atoms with Crippen LogP contribution < -0.4 is 9.47 Å². The van der Waals surface area contributed by atoms with Gasteiger partial charge in [0.05, 0.1) is 26.8 Å². The number of carbonyl (C=O) groups is 1. The van der Waals surface area contributed by atoms with E-state index in [9.17, 15) is 4.79 Å². The fourth-order valence-electron chi connectivity index (χ4n) is 2.79. The molecule has 3 rings (SSSR count). The molecule has 0 aliphatic carbocycles. The van der Waals surface area contributed by atoms with Gasteiger partial charge < -0.3 is 14.4 Å². The van der Waals surface area contributed by atoms with E-state index in [-0.39, 0.29) is 11.9 Å². The second-order valence-corrected chi connectivity index (χ2v) is 5.36. The fraction of sp³-hybridized carbons (Fsp3) is 0.211. The number of benzene rings is 2. The summed E-state index contributed by atoms with van der Waals surface area (Å²) in [6.07, 6.45) is 3.57. The molecular weight excluding hydrogens is 290 g/mol. The summed E-state index contributed by atoms with van der Waals surface area (Å²) in [5.74, 6) is 1.46. The van der Waals surface area contributed by atoms with Crippen molar-refractivity contribution in [1.29, 1.82) is 0 Å². The van der Waals surface area contributed by atoms with Crippen molar-refractivity contribution in [3.05, 3.63) is 71.8 Å². The third kappa shape index (κ3) is 3.06. The van der Waals surface area contributed by atoms with Crippen LogP contribution in [0.2, 0.25) is 0 Å². The summed E-state index contributed by atoms with van der Waals surface area (Å²) < 4.78 is 10.7. The molecule has 0 spiro atoms. The van der Waals surface area contributed by atoms with Crippen molar-refractivity contribution in [3.63, 3.8) is 0 Å². The predicted octanol–water partition coefficient (Wildman–Crippen LogP) is 3.34. The Morgan fingerprint density at radius 3 is 2.52 bits per heavy atom. The molecular formula is C19H19NO3. The van der Waals surface area contributed by atoms with Crippen molar-refractivity contribution < 1.29 is 14.3 Å². The van der Waals surface area contributed by atoms with Crippen molar-refractivity contribution >= 4 is 5.91 Å². The SMILES string of the molecule is COc1ccc(CN2C(=O)C=CC2c2ccccc2)c(OC)c1. The first-order valence-electron chi connectivity index (χ1n) is 7.47. The summed E-state index contributed by atoms with van der Waals surface area (Å²) in [7, 11) is 3.24. The first-order chi connectivity index (χ1) is 11.2. The zero-order chi connectivity index (χ0) is 16.2. The van der Waals surface area contributed by atoms with Gasteiger partial charge in [0.15, 0.2) is 0 Å².